The van der Waals surface area contributed by atoms with E-state index >= 15 is 0 Å². The highest BCUT2D eigenvalue weighted by Crippen LogP contribution is 2.39. The van der Waals surface area contributed by atoms with Crippen LogP contribution in [-0.2, 0) is 10.8 Å². The summed E-state index contributed by atoms with van der Waals surface area (Å²) in [4.78, 5) is 12.7. The molecule has 0 aliphatic carbocycles. The number of benzene rings is 5. The van der Waals surface area contributed by atoms with Crippen LogP contribution in [0.4, 0.5) is 0 Å². The fourth-order valence-electron chi connectivity index (χ4n) is 7.29. The fourth-order valence-corrected chi connectivity index (χ4v) is 7.29. The number of nitrogens with one attached hydrogen (secondary N) is 2. The van der Waals surface area contributed by atoms with Crippen molar-refractivity contribution in [2.75, 3.05) is 0 Å². The summed E-state index contributed by atoms with van der Waals surface area (Å²) in [5.74, 6) is 0. The van der Waals surface area contributed by atoms with Gasteiger partial charge in [-0.3, -0.25) is 0 Å². The third-order valence-electron chi connectivity index (χ3n) is 10.0. The zero-order valence-corrected chi connectivity index (χ0v) is 28.8. The first-order valence-electron chi connectivity index (χ1n) is 17.1. The SMILES string of the molecule is CC(C)(C)c1ccc2[nH]c3c(-n4nc(-c5cccc(-c6cccc7c6[nH]c6ccccc67)n5)c5ccccc54)cc(C(C)(C)C)cc3c2c1. The van der Waals surface area contributed by atoms with E-state index in [9.17, 15) is 0 Å². The molecule has 9 aromatic rings. The van der Waals surface area contributed by atoms with Crippen molar-refractivity contribution >= 4 is 54.5 Å². The summed E-state index contributed by atoms with van der Waals surface area (Å²) < 4.78 is 2.12. The maximum atomic E-state index is 5.39. The summed E-state index contributed by atoms with van der Waals surface area (Å²) in [5, 5.41) is 11.3. The molecule has 2 N–H and O–H groups in total. The second-order valence-corrected chi connectivity index (χ2v) is 15.4. The molecule has 0 saturated heterocycles. The lowest BCUT2D eigenvalue weighted by atomic mass is 9.84. The molecule has 0 amide bonds. The lowest BCUT2D eigenvalue weighted by Crippen LogP contribution is -2.12. The molecule has 5 nitrogen and oxygen atoms in total. The van der Waals surface area contributed by atoms with Crippen molar-refractivity contribution in [1.82, 2.24) is 24.7 Å². The maximum absolute atomic E-state index is 5.39. The number of hydrogen-bond donors (Lipinski definition) is 2. The minimum Gasteiger partial charge on any atom is -0.354 e. The Morgan fingerprint density at radius 1 is 0.510 bits per heavy atom. The number of fused-ring (bicyclic) bond motifs is 7. The Hall–Kier alpha value is -5.68. The van der Waals surface area contributed by atoms with Crippen molar-refractivity contribution in [2.24, 2.45) is 0 Å². The highest BCUT2D eigenvalue weighted by molar-refractivity contribution is 6.12. The van der Waals surface area contributed by atoms with Gasteiger partial charge in [0, 0.05) is 43.5 Å². The summed E-state index contributed by atoms with van der Waals surface area (Å²) >= 11 is 0. The molecule has 5 heteroatoms. The van der Waals surface area contributed by atoms with Crippen LogP contribution in [0.5, 0.6) is 0 Å². The molecule has 0 aliphatic heterocycles. The molecule has 0 atom stereocenters. The van der Waals surface area contributed by atoms with Gasteiger partial charge in [0.25, 0.3) is 0 Å². The first-order chi connectivity index (χ1) is 23.5. The Bertz CT molecular complexity index is 2740. The first kappa shape index (κ1) is 29.5. The van der Waals surface area contributed by atoms with E-state index in [1.165, 1.54) is 32.7 Å². The molecule has 5 aromatic carbocycles. The second kappa shape index (κ2) is 10.4. The van der Waals surface area contributed by atoms with Gasteiger partial charge in [-0.1, -0.05) is 108 Å². The molecular formula is C44H39N5. The summed E-state index contributed by atoms with van der Waals surface area (Å²) in [5.41, 5.74) is 12.8. The molecule has 49 heavy (non-hydrogen) atoms. The van der Waals surface area contributed by atoms with Gasteiger partial charge in [-0.05, 0) is 70.5 Å². The van der Waals surface area contributed by atoms with Crippen molar-refractivity contribution in [1.29, 1.82) is 0 Å². The number of aromatic amines is 2. The standard InChI is InChI=1S/C44H39N5/c1-43(2,3)26-21-22-36-32(23-26)33-24-27(44(4,5)6)25-39(42(33)47-36)49-38-20-10-8-14-31(38)41(48-49)37-19-12-18-35(45-37)30-16-11-15-29-28-13-7-9-17-34(28)46-40(29)30/h7-25,46-47H,1-6H3. The van der Waals surface area contributed by atoms with Gasteiger partial charge in [0.05, 0.1) is 33.6 Å². The Balaban J connectivity index is 1.27. The summed E-state index contributed by atoms with van der Waals surface area (Å²) in [7, 11) is 0. The average Bonchev–Trinajstić information content (AvgIpc) is 3.78. The van der Waals surface area contributed by atoms with E-state index < -0.39 is 0 Å². The smallest absolute Gasteiger partial charge is 0.119 e. The van der Waals surface area contributed by atoms with E-state index in [2.05, 4.69) is 171 Å². The average molecular weight is 638 g/mol. The van der Waals surface area contributed by atoms with E-state index in [1.54, 1.807) is 0 Å². The Morgan fingerprint density at radius 3 is 1.98 bits per heavy atom. The molecule has 0 spiro atoms. The molecule has 4 heterocycles. The number of nitrogens with zero attached hydrogens (tertiary/aromatic N) is 3. The van der Waals surface area contributed by atoms with Crippen LogP contribution in [0.2, 0.25) is 0 Å². The van der Waals surface area contributed by atoms with Crippen LogP contribution < -0.4 is 0 Å². The molecule has 0 unspecified atom stereocenters. The zero-order chi connectivity index (χ0) is 33.7. The lowest BCUT2D eigenvalue weighted by Gasteiger charge is -2.21. The summed E-state index contributed by atoms with van der Waals surface area (Å²) in [6.45, 7) is 13.7. The quantitative estimate of drug-likeness (QED) is 0.202. The van der Waals surface area contributed by atoms with Gasteiger partial charge in [-0.15, -0.1) is 0 Å². The number of pyridine rings is 1. The van der Waals surface area contributed by atoms with Gasteiger partial charge in [0.15, 0.2) is 0 Å². The summed E-state index contributed by atoms with van der Waals surface area (Å²) in [6, 6.07) is 41.2. The van der Waals surface area contributed by atoms with E-state index in [1.807, 2.05) is 0 Å². The van der Waals surface area contributed by atoms with Gasteiger partial charge in [-0.25, -0.2) is 9.67 Å². The van der Waals surface area contributed by atoms with Crippen molar-refractivity contribution in [3.63, 3.8) is 0 Å². The van der Waals surface area contributed by atoms with Gasteiger partial charge in [0.2, 0.25) is 0 Å². The molecule has 0 saturated carbocycles. The topological polar surface area (TPSA) is 62.3 Å². The predicted octanol–water partition coefficient (Wildman–Crippen LogP) is 11.6. The van der Waals surface area contributed by atoms with E-state index in [-0.39, 0.29) is 10.8 Å². The van der Waals surface area contributed by atoms with E-state index in [0.29, 0.717) is 0 Å². The molecule has 0 radical (unpaired) electrons. The Kier molecular flexibility index (Phi) is 6.26. The third-order valence-corrected chi connectivity index (χ3v) is 10.0. The highest BCUT2D eigenvalue weighted by Gasteiger charge is 2.23. The molecular weight excluding hydrogens is 599 g/mol. The fraction of sp³-hybridized carbons (Fsp3) is 0.182. The molecule has 0 fully saturated rings. The number of rotatable bonds is 3. The van der Waals surface area contributed by atoms with E-state index in [4.69, 9.17) is 10.1 Å². The molecule has 240 valence electrons. The normalized spacial score (nSPS) is 12.7. The minimum absolute atomic E-state index is 0.0523. The van der Waals surface area contributed by atoms with Crippen LogP contribution in [0, 0.1) is 0 Å². The maximum Gasteiger partial charge on any atom is 0.119 e. The van der Waals surface area contributed by atoms with Gasteiger partial charge >= 0.3 is 0 Å². The second-order valence-electron chi connectivity index (χ2n) is 15.4. The minimum atomic E-state index is -0.0561. The largest absolute Gasteiger partial charge is 0.354 e. The van der Waals surface area contributed by atoms with Crippen LogP contribution in [0.15, 0.2) is 115 Å². The Morgan fingerprint density at radius 2 is 1.16 bits per heavy atom. The monoisotopic (exact) mass is 637 g/mol. The number of aromatic nitrogens is 5. The van der Waals surface area contributed by atoms with Crippen LogP contribution in [0.1, 0.15) is 52.7 Å². The number of H-pyrrole nitrogens is 2. The van der Waals surface area contributed by atoms with Gasteiger partial charge in [-0.2, -0.15) is 5.10 Å². The molecule has 4 aromatic heterocycles. The van der Waals surface area contributed by atoms with E-state index in [0.717, 1.165) is 61.3 Å². The third kappa shape index (κ3) is 4.67. The Labute approximate surface area is 285 Å². The molecule has 0 bridgehead atoms. The predicted molar refractivity (Wildman–Crippen MR) is 206 cm³/mol. The lowest BCUT2D eigenvalue weighted by molar-refractivity contribution is 0.590. The highest BCUT2D eigenvalue weighted by atomic mass is 15.3. The van der Waals surface area contributed by atoms with Crippen LogP contribution >= 0.6 is 0 Å². The number of para-hydroxylation sites is 3. The summed E-state index contributed by atoms with van der Waals surface area (Å²) in [6.07, 6.45) is 0. The molecule has 0 aliphatic rings. The van der Waals surface area contributed by atoms with Crippen molar-refractivity contribution in [2.45, 2.75) is 52.4 Å². The van der Waals surface area contributed by atoms with Crippen molar-refractivity contribution in [3.8, 4) is 28.3 Å². The van der Waals surface area contributed by atoms with Crippen LogP contribution in [0.25, 0.3) is 82.8 Å². The van der Waals surface area contributed by atoms with Crippen LogP contribution in [0.3, 0.4) is 0 Å². The number of hydrogen-bond acceptors (Lipinski definition) is 2. The first-order valence-corrected chi connectivity index (χ1v) is 17.1. The van der Waals surface area contributed by atoms with Gasteiger partial charge < -0.3 is 9.97 Å². The van der Waals surface area contributed by atoms with Crippen LogP contribution in [-0.4, -0.2) is 24.7 Å². The van der Waals surface area contributed by atoms with Gasteiger partial charge in [0.1, 0.15) is 5.69 Å². The molecule has 9 rings (SSSR count). The van der Waals surface area contributed by atoms with Crippen molar-refractivity contribution < 1.29 is 0 Å². The van der Waals surface area contributed by atoms with Crippen molar-refractivity contribution in [3.05, 3.63) is 126 Å². The zero-order valence-electron chi connectivity index (χ0n) is 28.8.